The van der Waals surface area contributed by atoms with Gasteiger partial charge in [0, 0.05) is 29.6 Å². The summed E-state index contributed by atoms with van der Waals surface area (Å²) in [6.07, 6.45) is 2.22. The van der Waals surface area contributed by atoms with Crippen molar-refractivity contribution in [2.75, 3.05) is 13.6 Å². The Hall–Kier alpha value is -2.74. The Kier molecular flexibility index (Phi) is 4.66. The fraction of sp³-hybridized carbons (Fsp3) is 0.350. The van der Waals surface area contributed by atoms with Crippen molar-refractivity contribution in [1.82, 2.24) is 15.1 Å². The van der Waals surface area contributed by atoms with E-state index in [0.717, 1.165) is 28.2 Å². The van der Waals surface area contributed by atoms with Gasteiger partial charge in [-0.1, -0.05) is 18.2 Å². The van der Waals surface area contributed by atoms with E-state index in [1.807, 2.05) is 11.4 Å². The smallest absolute Gasteiger partial charge is 0.325 e. The first-order valence-corrected chi connectivity index (χ1v) is 9.98. The molecule has 0 saturated carbocycles. The van der Waals surface area contributed by atoms with Crippen LogP contribution in [-0.2, 0) is 28.1 Å². The molecule has 2 heterocycles. The van der Waals surface area contributed by atoms with Gasteiger partial charge in [0.1, 0.15) is 17.9 Å². The highest BCUT2D eigenvalue weighted by Crippen LogP contribution is 2.42. The Bertz CT molecular complexity index is 960. The summed E-state index contributed by atoms with van der Waals surface area (Å²) in [6.45, 7) is -0.300. The normalized spacial score (nSPS) is 21.0. The van der Waals surface area contributed by atoms with Crippen LogP contribution in [0.25, 0.3) is 0 Å². The summed E-state index contributed by atoms with van der Waals surface area (Å²) >= 11 is 1.58. The van der Waals surface area contributed by atoms with Crippen LogP contribution in [-0.4, -0.2) is 41.2 Å². The lowest BCUT2D eigenvalue weighted by Gasteiger charge is -2.31. The van der Waals surface area contributed by atoms with Crippen molar-refractivity contribution in [1.29, 1.82) is 0 Å². The molecule has 4 rings (SSSR count). The fourth-order valence-electron chi connectivity index (χ4n) is 3.91. The SMILES string of the molecule is CN(Cc1ccccc1F)C(=O)CN1C(=O)NC2(CCCc3sccc32)C1=O. The lowest BCUT2D eigenvalue weighted by atomic mass is 9.80. The van der Waals surface area contributed by atoms with Crippen LogP contribution in [0, 0.1) is 5.82 Å². The number of halogens is 1. The Morgan fingerprint density at radius 1 is 1.32 bits per heavy atom. The van der Waals surface area contributed by atoms with Crippen LogP contribution in [0.5, 0.6) is 0 Å². The molecule has 1 fully saturated rings. The largest absolute Gasteiger partial charge is 0.340 e. The van der Waals surface area contributed by atoms with Crippen LogP contribution < -0.4 is 5.32 Å². The summed E-state index contributed by atoms with van der Waals surface area (Å²) in [4.78, 5) is 41.7. The van der Waals surface area contributed by atoms with Gasteiger partial charge in [-0.05, 0) is 36.8 Å². The number of imide groups is 1. The highest BCUT2D eigenvalue weighted by atomic mass is 32.1. The molecule has 28 heavy (non-hydrogen) atoms. The molecule has 1 aliphatic heterocycles. The fourth-order valence-corrected chi connectivity index (χ4v) is 4.91. The lowest BCUT2D eigenvalue weighted by molar-refractivity contribution is -0.139. The van der Waals surface area contributed by atoms with Gasteiger partial charge in [0.05, 0.1) is 0 Å². The van der Waals surface area contributed by atoms with Crippen LogP contribution in [0.15, 0.2) is 35.7 Å². The first-order valence-electron chi connectivity index (χ1n) is 9.11. The molecule has 1 spiro atoms. The number of nitrogens with zero attached hydrogens (tertiary/aromatic N) is 2. The second-order valence-corrected chi connectivity index (χ2v) is 8.18. The molecule has 1 saturated heterocycles. The Morgan fingerprint density at radius 3 is 2.89 bits per heavy atom. The van der Waals surface area contributed by atoms with Crippen LogP contribution in [0.2, 0.25) is 0 Å². The molecule has 1 aromatic carbocycles. The van der Waals surface area contributed by atoms with E-state index in [1.54, 1.807) is 29.5 Å². The summed E-state index contributed by atoms with van der Waals surface area (Å²) < 4.78 is 13.8. The Balaban J connectivity index is 1.50. The average molecular weight is 401 g/mol. The number of likely N-dealkylation sites (N-methyl/N-ethyl adjacent to an activating group) is 1. The third kappa shape index (κ3) is 2.97. The number of aryl methyl sites for hydroxylation is 1. The zero-order chi connectivity index (χ0) is 19.9. The monoisotopic (exact) mass is 401 g/mol. The number of hydrogen-bond donors (Lipinski definition) is 1. The standard InChI is InChI=1S/C20H20FN3O3S/c1-23(11-13-5-2-3-6-15(13)21)17(25)12-24-18(26)20(22-19(24)27)9-4-7-16-14(20)8-10-28-16/h2-3,5-6,8,10H,4,7,9,11-12H2,1H3,(H,22,27). The maximum Gasteiger partial charge on any atom is 0.325 e. The molecule has 1 atom stereocenters. The second-order valence-electron chi connectivity index (χ2n) is 7.18. The molecule has 4 amide bonds. The number of amides is 4. The van der Waals surface area contributed by atoms with Crippen molar-refractivity contribution in [2.45, 2.75) is 31.3 Å². The predicted molar refractivity (Wildman–Crippen MR) is 102 cm³/mol. The summed E-state index contributed by atoms with van der Waals surface area (Å²) in [5.74, 6) is -1.21. The number of hydrogen-bond acceptors (Lipinski definition) is 4. The highest BCUT2D eigenvalue weighted by molar-refractivity contribution is 7.10. The number of rotatable bonds is 4. The van der Waals surface area contributed by atoms with Crippen molar-refractivity contribution in [2.24, 2.45) is 0 Å². The third-order valence-electron chi connectivity index (χ3n) is 5.42. The van der Waals surface area contributed by atoms with Crippen molar-refractivity contribution in [3.8, 4) is 0 Å². The second kappa shape index (κ2) is 7.01. The molecule has 2 aromatic rings. The predicted octanol–water partition coefficient (Wildman–Crippen LogP) is 2.63. The van der Waals surface area contributed by atoms with E-state index in [-0.39, 0.29) is 19.0 Å². The number of fused-ring (bicyclic) bond motifs is 2. The van der Waals surface area contributed by atoms with Crippen molar-refractivity contribution < 1.29 is 18.8 Å². The van der Waals surface area contributed by atoms with Crippen molar-refractivity contribution >= 4 is 29.2 Å². The lowest BCUT2D eigenvalue weighted by Crippen LogP contribution is -2.47. The molecule has 0 bridgehead atoms. The summed E-state index contributed by atoms with van der Waals surface area (Å²) in [6, 6.07) is 7.53. The van der Waals surface area contributed by atoms with Gasteiger partial charge in [-0.25, -0.2) is 9.18 Å². The van der Waals surface area contributed by atoms with Gasteiger partial charge in [-0.3, -0.25) is 14.5 Å². The Labute approximate surface area is 165 Å². The van der Waals surface area contributed by atoms with Crippen LogP contribution in [0.4, 0.5) is 9.18 Å². The van der Waals surface area contributed by atoms with E-state index in [9.17, 15) is 18.8 Å². The summed E-state index contributed by atoms with van der Waals surface area (Å²) in [7, 11) is 1.53. The zero-order valence-corrected chi connectivity index (χ0v) is 16.2. The van der Waals surface area contributed by atoms with Gasteiger partial charge in [-0.15, -0.1) is 11.3 Å². The van der Waals surface area contributed by atoms with Crippen LogP contribution >= 0.6 is 11.3 Å². The number of benzene rings is 1. The molecule has 1 unspecified atom stereocenters. The van der Waals surface area contributed by atoms with Gasteiger partial charge in [0.25, 0.3) is 5.91 Å². The quantitative estimate of drug-likeness (QED) is 0.801. The van der Waals surface area contributed by atoms with Crippen LogP contribution in [0.3, 0.4) is 0 Å². The molecule has 1 N–H and O–H groups in total. The van der Waals surface area contributed by atoms with E-state index in [4.69, 9.17) is 0 Å². The van der Waals surface area contributed by atoms with E-state index in [0.29, 0.717) is 12.0 Å². The zero-order valence-electron chi connectivity index (χ0n) is 15.4. The molecule has 6 nitrogen and oxygen atoms in total. The average Bonchev–Trinajstić information content (AvgIpc) is 3.24. The Morgan fingerprint density at radius 2 is 2.11 bits per heavy atom. The van der Waals surface area contributed by atoms with Gasteiger partial charge in [0.15, 0.2) is 0 Å². The third-order valence-corrected chi connectivity index (χ3v) is 6.40. The summed E-state index contributed by atoms with van der Waals surface area (Å²) in [5, 5.41) is 4.75. The van der Waals surface area contributed by atoms with E-state index >= 15 is 0 Å². The van der Waals surface area contributed by atoms with E-state index in [1.165, 1.54) is 18.0 Å². The molecular formula is C20H20FN3O3S. The van der Waals surface area contributed by atoms with Crippen molar-refractivity contribution in [3.05, 3.63) is 57.5 Å². The topological polar surface area (TPSA) is 69.7 Å². The minimum Gasteiger partial charge on any atom is -0.340 e. The molecule has 0 radical (unpaired) electrons. The maximum absolute atomic E-state index is 13.8. The van der Waals surface area contributed by atoms with Gasteiger partial charge < -0.3 is 10.2 Å². The molecule has 8 heteroatoms. The summed E-state index contributed by atoms with van der Waals surface area (Å²) in [5.41, 5.74) is 0.161. The molecule has 1 aliphatic carbocycles. The van der Waals surface area contributed by atoms with Crippen LogP contribution in [0.1, 0.15) is 28.8 Å². The van der Waals surface area contributed by atoms with Crippen molar-refractivity contribution in [3.63, 3.8) is 0 Å². The minimum absolute atomic E-state index is 0.0645. The number of nitrogens with one attached hydrogen (secondary N) is 1. The first kappa shape index (κ1) is 18.6. The molecule has 146 valence electrons. The minimum atomic E-state index is -1.06. The number of carbonyl (C=O) groups excluding carboxylic acids is 3. The molecule has 2 aliphatic rings. The first-order chi connectivity index (χ1) is 13.4. The number of urea groups is 1. The highest BCUT2D eigenvalue weighted by Gasteiger charge is 2.54. The number of carbonyl (C=O) groups is 3. The van der Waals surface area contributed by atoms with E-state index in [2.05, 4.69) is 5.32 Å². The van der Waals surface area contributed by atoms with Gasteiger partial charge in [-0.2, -0.15) is 0 Å². The van der Waals surface area contributed by atoms with Gasteiger partial charge in [0.2, 0.25) is 5.91 Å². The maximum atomic E-state index is 13.8. The molecular weight excluding hydrogens is 381 g/mol. The van der Waals surface area contributed by atoms with E-state index < -0.39 is 23.3 Å². The molecule has 1 aromatic heterocycles. The van der Waals surface area contributed by atoms with Gasteiger partial charge >= 0.3 is 6.03 Å². The number of thiophene rings is 1.